The molecular formula is C15H20N4. The first kappa shape index (κ1) is 12.2. The second-order valence-electron chi connectivity index (χ2n) is 5.36. The summed E-state index contributed by atoms with van der Waals surface area (Å²) in [5.41, 5.74) is 7.75. The monoisotopic (exact) mass is 256 g/mol. The largest absolute Gasteiger partial charge is 0.399 e. The minimum absolute atomic E-state index is 0.590. The summed E-state index contributed by atoms with van der Waals surface area (Å²) in [4.78, 5) is 0. The molecule has 0 bridgehead atoms. The molecule has 3 rings (SSSR count). The Balaban J connectivity index is 1.77. The van der Waals surface area contributed by atoms with E-state index in [1.54, 1.807) is 0 Å². The quantitative estimate of drug-likeness (QED) is 0.859. The van der Waals surface area contributed by atoms with Crippen LogP contribution in [-0.4, -0.2) is 14.8 Å². The molecule has 1 aromatic carbocycles. The Kier molecular flexibility index (Phi) is 3.49. The molecule has 0 unspecified atom stereocenters. The maximum atomic E-state index is 5.71. The van der Waals surface area contributed by atoms with Gasteiger partial charge in [0, 0.05) is 18.2 Å². The Morgan fingerprint density at radius 1 is 1.11 bits per heavy atom. The second kappa shape index (κ2) is 5.43. The van der Waals surface area contributed by atoms with E-state index in [1.807, 2.05) is 18.5 Å². The van der Waals surface area contributed by atoms with Crippen LogP contribution in [0, 0.1) is 0 Å². The average Bonchev–Trinajstić information content (AvgIpc) is 2.90. The van der Waals surface area contributed by atoms with Crippen molar-refractivity contribution < 1.29 is 0 Å². The second-order valence-corrected chi connectivity index (χ2v) is 5.36. The maximum absolute atomic E-state index is 5.71. The molecule has 1 aromatic heterocycles. The third kappa shape index (κ3) is 2.78. The molecular weight excluding hydrogens is 236 g/mol. The molecule has 2 aromatic rings. The van der Waals surface area contributed by atoms with Crippen LogP contribution in [0.5, 0.6) is 0 Å². The van der Waals surface area contributed by atoms with Gasteiger partial charge in [-0.2, -0.15) is 0 Å². The lowest BCUT2D eigenvalue weighted by Gasteiger charge is -2.24. The van der Waals surface area contributed by atoms with Crippen molar-refractivity contribution in [2.75, 3.05) is 5.73 Å². The molecule has 0 amide bonds. The Morgan fingerprint density at radius 3 is 2.58 bits per heavy atom. The molecule has 0 saturated heterocycles. The van der Waals surface area contributed by atoms with Gasteiger partial charge < -0.3 is 10.3 Å². The zero-order chi connectivity index (χ0) is 13.1. The predicted octanol–water partition coefficient (Wildman–Crippen LogP) is 2.96. The number of nitrogens with two attached hydrogens (primary N) is 1. The first-order chi connectivity index (χ1) is 9.33. The molecule has 100 valence electrons. The van der Waals surface area contributed by atoms with E-state index in [4.69, 9.17) is 5.73 Å². The Bertz CT molecular complexity index is 523. The lowest BCUT2D eigenvalue weighted by atomic mass is 9.95. The number of rotatable bonds is 3. The smallest absolute Gasteiger partial charge is 0.137 e. The summed E-state index contributed by atoms with van der Waals surface area (Å²) >= 11 is 0. The molecule has 0 aliphatic heterocycles. The van der Waals surface area contributed by atoms with E-state index in [2.05, 4.69) is 26.9 Å². The van der Waals surface area contributed by atoms with E-state index >= 15 is 0 Å². The zero-order valence-corrected chi connectivity index (χ0v) is 11.1. The number of hydrogen-bond acceptors (Lipinski definition) is 3. The van der Waals surface area contributed by atoms with Gasteiger partial charge in [-0.1, -0.05) is 31.4 Å². The van der Waals surface area contributed by atoms with E-state index in [-0.39, 0.29) is 0 Å². The fourth-order valence-electron chi connectivity index (χ4n) is 2.88. The standard InChI is InChI=1S/C15H20N4/c16-13-8-6-12(7-9-13)10-15-18-17-11-19(15)14-4-2-1-3-5-14/h6-9,11,14H,1-5,10,16H2. The van der Waals surface area contributed by atoms with Crippen LogP contribution in [0.25, 0.3) is 0 Å². The Hall–Kier alpha value is -1.84. The van der Waals surface area contributed by atoms with Gasteiger partial charge in [-0.3, -0.25) is 0 Å². The first-order valence-corrected chi connectivity index (χ1v) is 7.06. The normalized spacial score (nSPS) is 16.6. The summed E-state index contributed by atoms with van der Waals surface area (Å²) in [6.45, 7) is 0. The van der Waals surface area contributed by atoms with Gasteiger partial charge >= 0.3 is 0 Å². The highest BCUT2D eigenvalue weighted by atomic mass is 15.3. The van der Waals surface area contributed by atoms with Crippen LogP contribution in [0.1, 0.15) is 49.5 Å². The van der Waals surface area contributed by atoms with Gasteiger partial charge in [-0.15, -0.1) is 10.2 Å². The fraction of sp³-hybridized carbons (Fsp3) is 0.467. The molecule has 0 radical (unpaired) electrons. The van der Waals surface area contributed by atoms with Crippen molar-refractivity contribution in [3.05, 3.63) is 42.0 Å². The lowest BCUT2D eigenvalue weighted by Crippen LogP contribution is -2.15. The van der Waals surface area contributed by atoms with Crippen molar-refractivity contribution in [1.29, 1.82) is 0 Å². The SMILES string of the molecule is Nc1ccc(Cc2nncn2C2CCCCC2)cc1. The van der Waals surface area contributed by atoms with Crippen LogP contribution in [-0.2, 0) is 6.42 Å². The number of benzene rings is 1. The minimum atomic E-state index is 0.590. The molecule has 1 aliphatic rings. The minimum Gasteiger partial charge on any atom is -0.399 e. The van der Waals surface area contributed by atoms with Crippen LogP contribution in [0.3, 0.4) is 0 Å². The first-order valence-electron chi connectivity index (χ1n) is 7.06. The van der Waals surface area contributed by atoms with Crippen molar-refractivity contribution in [2.45, 2.75) is 44.6 Å². The summed E-state index contributed by atoms with van der Waals surface area (Å²) in [5.74, 6) is 1.07. The topological polar surface area (TPSA) is 56.7 Å². The summed E-state index contributed by atoms with van der Waals surface area (Å²) in [7, 11) is 0. The number of aromatic nitrogens is 3. The van der Waals surface area contributed by atoms with Crippen LogP contribution in [0.4, 0.5) is 5.69 Å². The van der Waals surface area contributed by atoms with Crippen molar-refractivity contribution in [3.63, 3.8) is 0 Å². The molecule has 4 heteroatoms. The molecule has 19 heavy (non-hydrogen) atoms. The fourth-order valence-corrected chi connectivity index (χ4v) is 2.88. The summed E-state index contributed by atoms with van der Waals surface area (Å²) < 4.78 is 2.27. The Morgan fingerprint density at radius 2 is 1.84 bits per heavy atom. The van der Waals surface area contributed by atoms with E-state index in [9.17, 15) is 0 Å². The van der Waals surface area contributed by atoms with Gasteiger partial charge in [-0.05, 0) is 30.5 Å². The molecule has 1 aliphatic carbocycles. The van der Waals surface area contributed by atoms with Gasteiger partial charge in [0.05, 0.1) is 0 Å². The maximum Gasteiger partial charge on any atom is 0.137 e. The number of nitrogens with zero attached hydrogens (tertiary/aromatic N) is 3. The van der Waals surface area contributed by atoms with Crippen molar-refractivity contribution >= 4 is 5.69 Å². The van der Waals surface area contributed by atoms with Crippen LogP contribution < -0.4 is 5.73 Å². The molecule has 0 atom stereocenters. The van der Waals surface area contributed by atoms with E-state index in [0.29, 0.717) is 6.04 Å². The zero-order valence-electron chi connectivity index (χ0n) is 11.1. The summed E-state index contributed by atoms with van der Waals surface area (Å²) in [6, 6.07) is 8.60. The van der Waals surface area contributed by atoms with E-state index in [0.717, 1.165) is 17.9 Å². The van der Waals surface area contributed by atoms with Crippen LogP contribution in [0.2, 0.25) is 0 Å². The number of hydrogen-bond donors (Lipinski definition) is 1. The highest BCUT2D eigenvalue weighted by Crippen LogP contribution is 2.29. The van der Waals surface area contributed by atoms with E-state index < -0.39 is 0 Å². The summed E-state index contributed by atoms with van der Waals surface area (Å²) in [5, 5.41) is 8.39. The third-order valence-corrected chi connectivity index (χ3v) is 3.96. The van der Waals surface area contributed by atoms with Crippen molar-refractivity contribution in [1.82, 2.24) is 14.8 Å². The highest BCUT2D eigenvalue weighted by Gasteiger charge is 2.18. The summed E-state index contributed by atoms with van der Waals surface area (Å²) in [6.07, 6.45) is 9.25. The molecule has 0 spiro atoms. The highest BCUT2D eigenvalue weighted by molar-refractivity contribution is 5.39. The molecule has 4 nitrogen and oxygen atoms in total. The van der Waals surface area contributed by atoms with Gasteiger partial charge in [-0.25, -0.2) is 0 Å². The molecule has 2 N–H and O–H groups in total. The molecule has 1 heterocycles. The molecule has 1 fully saturated rings. The van der Waals surface area contributed by atoms with Gasteiger partial charge in [0.1, 0.15) is 12.2 Å². The van der Waals surface area contributed by atoms with Crippen molar-refractivity contribution in [2.24, 2.45) is 0 Å². The molecule has 1 saturated carbocycles. The van der Waals surface area contributed by atoms with Crippen molar-refractivity contribution in [3.8, 4) is 0 Å². The van der Waals surface area contributed by atoms with Crippen LogP contribution >= 0.6 is 0 Å². The number of anilines is 1. The van der Waals surface area contributed by atoms with Gasteiger partial charge in [0.15, 0.2) is 0 Å². The average molecular weight is 256 g/mol. The third-order valence-electron chi connectivity index (χ3n) is 3.96. The number of nitrogen functional groups attached to an aromatic ring is 1. The lowest BCUT2D eigenvalue weighted by molar-refractivity contribution is 0.346. The van der Waals surface area contributed by atoms with Crippen LogP contribution in [0.15, 0.2) is 30.6 Å². The predicted molar refractivity (Wildman–Crippen MR) is 75.8 cm³/mol. The van der Waals surface area contributed by atoms with Gasteiger partial charge in [0.25, 0.3) is 0 Å². The van der Waals surface area contributed by atoms with Gasteiger partial charge in [0.2, 0.25) is 0 Å². The Labute approximate surface area is 113 Å². The van der Waals surface area contributed by atoms with E-state index in [1.165, 1.54) is 37.7 Å².